The molecule has 0 aliphatic carbocycles. The Balaban J connectivity index is 2.26. The summed E-state index contributed by atoms with van der Waals surface area (Å²) in [6.45, 7) is 8.80. The first-order valence-corrected chi connectivity index (χ1v) is 7.88. The summed E-state index contributed by atoms with van der Waals surface area (Å²) < 4.78 is 6.13. The van der Waals surface area contributed by atoms with Gasteiger partial charge in [-0.2, -0.15) is 0 Å². The Morgan fingerprint density at radius 2 is 1.90 bits per heavy atom. The lowest BCUT2D eigenvalue weighted by Gasteiger charge is -2.36. The molecule has 4 heteroatoms. The minimum atomic E-state index is -0.375. The Morgan fingerprint density at radius 3 is 2.38 bits per heavy atom. The first-order chi connectivity index (χ1) is 9.75. The number of alkyl halides is 1. The van der Waals surface area contributed by atoms with Crippen LogP contribution in [0.4, 0.5) is 0 Å². The van der Waals surface area contributed by atoms with Gasteiger partial charge in [0.05, 0.1) is 17.2 Å². The maximum Gasteiger partial charge on any atom is 0.238 e. The second-order valence-electron chi connectivity index (χ2n) is 6.83. The number of carbonyl (C=O) groups excluding carboxylic acids is 1. The Labute approximate surface area is 132 Å². The molecule has 1 fully saturated rings. The molecule has 0 N–H and O–H groups in total. The fourth-order valence-corrected chi connectivity index (χ4v) is 3.40. The molecule has 2 rings (SSSR count). The molecule has 21 heavy (non-hydrogen) atoms. The van der Waals surface area contributed by atoms with Crippen LogP contribution in [0.25, 0.3) is 0 Å². The molecular formula is C17H24ClNO2. The number of amides is 1. The van der Waals surface area contributed by atoms with Crippen LogP contribution in [0.15, 0.2) is 30.3 Å². The molecule has 1 unspecified atom stereocenters. The van der Waals surface area contributed by atoms with Crippen molar-refractivity contribution < 1.29 is 9.53 Å². The molecule has 0 saturated carbocycles. The summed E-state index contributed by atoms with van der Waals surface area (Å²) in [6, 6.07) is 10.0. The monoisotopic (exact) mass is 309 g/mol. The quantitative estimate of drug-likeness (QED) is 0.795. The highest BCUT2D eigenvalue weighted by Gasteiger charge is 2.49. The van der Waals surface area contributed by atoms with Gasteiger partial charge >= 0.3 is 0 Å². The van der Waals surface area contributed by atoms with Crippen molar-refractivity contribution in [2.75, 3.05) is 5.88 Å². The third kappa shape index (κ3) is 3.78. The summed E-state index contributed by atoms with van der Waals surface area (Å²) in [6.07, 6.45) is 0.815. The van der Waals surface area contributed by atoms with Crippen LogP contribution in [0.1, 0.15) is 39.7 Å². The number of hydrogen-bond acceptors (Lipinski definition) is 2. The van der Waals surface area contributed by atoms with Crippen LogP contribution >= 0.6 is 11.6 Å². The van der Waals surface area contributed by atoms with Gasteiger partial charge in [0.2, 0.25) is 5.91 Å². The van der Waals surface area contributed by atoms with E-state index in [1.165, 1.54) is 0 Å². The third-order valence-corrected chi connectivity index (χ3v) is 4.26. The van der Waals surface area contributed by atoms with E-state index in [-0.39, 0.29) is 29.0 Å². The van der Waals surface area contributed by atoms with E-state index in [4.69, 9.17) is 16.3 Å². The van der Waals surface area contributed by atoms with Crippen molar-refractivity contribution in [3.8, 4) is 0 Å². The van der Waals surface area contributed by atoms with Crippen molar-refractivity contribution in [3.05, 3.63) is 35.9 Å². The molecule has 0 spiro atoms. The van der Waals surface area contributed by atoms with E-state index in [0.29, 0.717) is 6.54 Å². The first kappa shape index (κ1) is 16.3. The van der Waals surface area contributed by atoms with Gasteiger partial charge in [-0.1, -0.05) is 30.3 Å². The highest BCUT2D eigenvalue weighted by molar-refractivity contribution is 6.27. The molecule has 1 saturated heterocycles. The van der Waals surface area contributed by atoms with Gasteiger partial charge in [-0.3, -0.25) is 4.79 Å². The zero-order chi connectivity index (χ0) is 15.7. The number of halogens is 1. The molecule has 0 radical (unpaired) electrons. The normalized spacial score (nSPS) is 23.0. The molecule has 1 amide bonds. The van der Waals surface area contributed by atoms with Crippen molar-refractivity contribution in [1.29, 1.82) is 0 Å². The lowest BCUT2D eigenvalue weighted by Crippen LogP contribution is -2.49. The van der Waals surface area contributed by atoms with Crippen LogP contribution < -0.4 is 0 Å². The van der Waals surface area contributed by atoms with Gasteiger partial charge in [-0.25, -0.2) is 0 Å². The molecule has 3 nitrogen and oxygen atoms in total. The summed E-state index contributed by atoms with van der Waals surface area (Å²) in [5.74, 6) is -0.0419. The molecule has 0 aromatic heterocycles. The van der Waals surface area contributed by atoms with Crippen LogP contribution in [0.2, 0.25) is 0 Å². The fourth-order valence-electron chi connectivity index (χ4n) is 3.25. The topological polar surface area (TPSA) is 29.5 Å². The molecule has 1 aliphatic heterocycles. The lowest BCUT2D eigenvalue weighted by atomic mass is 9.92. The van der Waals surface area contributed by atoms with Crippen molar-refractivity contribution in [2.24, 2.45) is 0 Å². The van der Waals surface area contributed by atoms with Crippen molar-refractivity contribution in [1.82, 2.24) is 4.90 Å². The smallest absolute Gasteiger partial charge is 0.238 e. The molecule has 1 atom stereocenters. The van der Waals surface area contributed by atoms with Gasteiger partial charge < -0.3 is 9.64 Å². The number of benzene rings is 1. The molecular weight excluding hydrogens is 286 g/mol. The molecule has 116 valence electrons. The van der Waals surface area contributed by atoms with E-state index in [9.17, 15) is 4.79 Å². The average molecular weight is 310 g/mol. The molecule has 1 aromatic carbocycles. The number of rotatable bonds is 4. The average Bonchev–Trinajstić information content (AvgIpc) is 2.64. The second-order valence-corrected chi connectivity index (χ2v) is 7.09. The lowest BCUT2D eigenvalue weighted by molar-refractivity contribution is -0.136. The van der Waals surface area contributed by atoms with E-state index in [2.05, 4.69) is 13.8 Å². The third-order valence-electron chi connectivity index (χ3n) is 4.03. The Morgan fingerprint density at radius 1 is 1.29 bits per heavy atom. The van der Waals surface area contributed by atoms with Crippen molar-refractivity contribution >= 4 is 17.5 Å². The maximum absolute atomic E-state index is 12.3. The van der Waals surface area contributed by atoms with Gasteiger partial charge in [-0.15, -0.1) is 11.6 Å². The highest BCUT2D eigenvalue weighted by Crippen LogP contribution is 2.40. The summed E-state index contributed by atoms with van der Waals surface area (Å²) >= 11 is 5.82. The van der Waals surface area contributed by atoms with Crippen molar-refractivity contribution in [2.45, 2.75) is 57.9 Å². The predicted octanol–water partition coefficient (Wildman–Crippen LogP) is 3.60. The van der Waals surface area contributed by atoms with Gasteiger partial charge in [0.1, 0.15) is 5.88 Å². The Kier molecular flexibility index (Phi) is 4.64. The van der Waals surface area contributed by atoms with E-state index in [0.717, 1.165) is 12.0 Å². The molecule has 1 aliphatic rings. The van der Waals surface area contributed by atoms with Crippen LogP contribution in [-0.4, -0.2) is 33.9 Å². The molecule has 1 heterocycles. The summed E-state index contributed by atoms with van der Waals surface area (Å²) in [5.41, 5.74) is 0.506. The van der Waals surface area contributed by atoms with E-state index >= 15 is 0 Å². The highest BCUT2D eigenvalue weighted by atomic mass is 35.5. The van der Waals surface area contributed by atoms with Gasteiger partial charge in [0, 0.05) is 6.54 Å². The summed E-state index contributed by atoms with van der Waals surface area (Å²) in [7, 11) is 0. The second kappa shape index (κ2) is 5.98. The van der Waals surface area contributed by atoms with Gasteiger partial charge in [0.15, 0.2) is 0 Å². The van der Waals surface area contributed by atoms with Crippen molar-refractivity contribution in [3.63, 3.8) is 0 Å². The number of hydrogen-bond donors (Lipinski definition) is 0. The fraction of sp³-hybridized carbons (Fsp3) is 0.588. The number of nitrogens with zero attached hydrogens (tertiary/aromatic N) is 1. The van der Waals surface area contributed by atoms with E-state index in [1.54, 1.807) is 0 Å². The minimum Gasteiger partial charge on any atom is -0.367 e. The zero-order valence-corrected chi connectivity index (χ0v) is 14.0. The predicted molar refractivity (Wildman–Crippen MR) is 85.4 cm³/mol. The SMILES string of the molecule is CC1(C)CC(N(Cc2ccccc2)C(=O)CCl)C(C)(C)O1. The van der Waals surface area contributed by atoms with E-state index in [1.807, 2.05) is 49.1 Å². The van der Waals surface area contributed by atoms with Crippen LogP contribution in [0, 0.1) is 0 Å². The van der Waals surface area contributed by atoms with Gasteiger partial charge in [-0.05, 0) is 39.7 Å². The van der Waals surface area contributed by atoms with Crippen LogP contribution in [0.5, 0.6) is 0 Å². The van der Waals surface area contributed by atoms with Crippen LogP contribution in [0.3, 0.4) is 0 Å². The number of carbonyl (C=O) groups is 1. The molecule has 0 bridgehead atoms. The summed E-state index contributed by atoms with van der Waals surface area (Å²) in [5, 5.41) is 0. The Bertz CT molecular complexity index is 499. The largest absolute Gasteiger partial charge is 0.367 e. The van der Waals surface area contributed by atoms with Gasteiger partial charge in [0.25, 0.3) is 0 Å². The zero-order valence-electron chi connectivity index (χ0n) is 13.2. The number of ether oxygens (including phenoxy) is 1. The minimum absolute atomic E-state index is 0.000157. The Hall–Kier alpha value is -1.06. The maximum atomic E-state index is 12.3. The molecule has 1 aromatic rings. The standard InChI is InChI=1S/C17H24ClNO2/c1-16(2)10-14(17(3,4)21-16)19(15(20)11-18)12-13-8-6-5-7-9-13/h5-9,14H,10-12H2,1-4H3. The first-order valence-electron chi connectivity index (χ1n) is 7.35. The van der Waals surface area contributed by atoms with Crippen LogP contribution in [-0.2, 0) is 16.1 Å². The van der Waals surface area contributed by atoms with E-state index < -0.39 is 0 Å². The summed E-state index contributed by atoms with van der Waals surface area (Å²) in [4.78, 5) is 14.2.